The summed E-state index contributed by atoms with van der Waals surface area (Å²) in [7, 11) is -3.12. The van der Waals surface area contributed by atoms with Crippen molar-refractivity contribution in [1.29, 1.82) is 0 Å². The molecule has 0 N–H and O–H groups in total. The molecule has 0 spiro atoms. The zero-order valence-corrected chi connectivity index (χ0v) is 14.3. The molecule has 2 aromatic rings. The maximum absolute atomic E-state index is 11.7. The molecule has 0 radical (unpaired) electrons. The summed E-state index contributed by atoms with van der Waals surface area (Å²) in [4.78, 5) is 10.1. The zero-order valence-electron chi connectivity index (χ0n) is 12.7. The van der Waals surface area contributed by atoms with Crippen molar-refractivity contribution in [3.05, 3.63) is 35.1 Å². The number of hydrogen-bond donors (Lipinski definition) is 0. The average molecular weight is 337 g/mol. The van der Waals surface area contributed by atoms with Crippen LogP contribution in [0, 0.1) is 6.92 Å². The third-order valence-electron chi connectivity index (χ3n) is 3.93. The van der Waals surface area contributed by atoms with Crippen molar-refractivity contribution < 1.29 is 8.42 Å². The van der Waals surface area contributed by atoms with E-state index in [-0.39, 0.29) is 5.92 Å². The molecule has 0 aromatic carbocycles. The summed E-state index contributed by atoms with van der Waals surface area (Å²) < 4.78 is 25.0. The van der Waals surface area contributed by atoms with Crippen LogP contribution in [-0.4, -0.2) is 42.0 Å². The quantitative estimate of drug-likeness (QED) is 0.864. The smallest absolute Gasteiger partial charge is 0.211 e. The molecule has 0 unspecified atom stereocenters. The van der Waals surface area contributed by atoms with Crippen molar-refractivity contribution in [3.63, 3.8) is 0 Å². The van der Waals surface area contributed by atoms with Gasteiger partial charge in [-0.2, -0.15) is 0 Å². The normalized spacial score (nSPS) is 20.2. The first-order valence-electron chi connectivity index (χ1n) is 7.27. The molecule has 1 aliphatic rings. The van der Waals surface area contributed by atoms with Crippen molar-refractivity contribution in [2.75, 3.05) is 19.3 Å². The fraction of sp³-hybridized carbons (Fsp3) is 0.467. The van der Waals surface area contributed by atoms with E-state index in [1.54, 1.807) is 15.6 Å². The molecular weight excluding hydrogens is 318 g/mol. The molecule has 2 aromatic heterocycles. The second-order valence-corrected chi connectivity index (χ2v) is 8.93. The monoisotopic (exact) mass is 337 g/mol. The lowest BCUT2D eigenvalue weighted by molar-refractivity contribution is 0.314. The molecule has 0 bridgehead atoms. The molecule has 0 saturated carbocycles. The zero-order chi connectivity index (χ0) is 15.7. The van der Waals surface area contributed by atoms with Crippen LogP contribution in [0.5, 0.6) is 0 Å². The predicted molar refractivity (Wildman–Crippen MR) is 88.5 cm³/mol. The Morgan fingerprint density at radius 3 is 2.68 bits per heavy atom. The molecule has 118 valence electrons. The number of rotatable bonds is 3. The molecule has 5 nitrogen and oxygen atoms in total. The highest BCUT2D eigenvalue weighted by Crippen LogP contribution is 2.29. The first-order valence-corrected chi connectivity index (χ1v) is 9.94. The number of hydrogen-bond acceptors (Lipinski definition) is 5. The summed E-state index contributed by atoms with van der Waals surface area (Å²) in [5.41, 5.74) is 1.98. The Labute approximate surface area is 135 Å². The molecule has 1 atom stereocenters. The second kappa shape index (κ2) is 6.06. The molecular formula is C15H19N3O2S2. The number of nitrogens with zero attached hydrogens (tertiary/aromatic N) is 3. The van der Waals surface area contributed by atoms with Gasteiger partial charge in [0.15, 0.2) is 0 Å². The highest BCUT2D eigenvalue weighted by atomic mass is 32.2. The molecule has 1 aliphatic heterocycles. The van der Waals surface area contributed by atoms with Gasteiger partial charge in [0.1, 0.15) is 5.01 Å². The fourth-order valence-electron chi connectivity index (χ4n) is 2.75. The third kappa shape index (κ3) is 3.37. The van der Waals surface area contributed by atoms with E-state index in [4.69, 9.17) is 0 Å². The molecule has 1 saturated heterocycles. The van der Waals surface area contributed by atoms with Crippen LogP contribution in [0.3, 0.4) is 0 Å². The standard InChI is InChI=1S/C15H19N3O2S2/c1-11-8-17-15(21-11)12-5-6-14(16-9-12)13-4-3-7-18(10-13)22(2,19)20/h5-6,8-9,13H,3-4,7,10H2,1-2H3/t13-/m0/s1. The molecule has 7 heteroatoms. The van der Waals surface area contributed by atoms with Crippen molar-refractivity contribution >= 4 is 21.4 Å². The topological polar surface area (TPSA) is 63.2 Å². The molecule has 3 rings (SSSR count). The molecule has 0 amide bonds. The van der Waals surface area contributed by atoms with Crippen molar-refractivity contribution in [2.45, 2.75) is 25.7 Å². The lowest BCUT2D eigenvalue weighted by atomic mass is 9.95. The first kappa shape index (κ1) is 15.6. The number of sulfonamides is 1. The summed E-state index contributed by atoms with van der Waals surface area (Å²) in [6.07, 6.45) is 6.84. The molecule has 1 fully saturated rings. The van der Waals surface area contributed by atoms with Crippen LogP contribution in [-0.2, 0) is 10.0 Å². The molecule has 0 aliphatic carbocycles. The van der Waals surface area contributed by atoms with Gasteiger partial charge in [0.25, 0.3) is 0 Å². The van der Waals surface area contributed by atoms with E-state index < -0.39 is 10.0 Å². The van der Waals surface area contributed by atoms with Gasteiger partial charge in [0.05, 0.1) is 6.26 Å². The first-order chi connectivity index (χ1) is 10.4. The van der Waals surface area contributed by atoms with Crippen LogP contribution >= 0.6 is 11.3 Å². The molecule has 3 heterocycles. The van der Waals surface area contributed by atoms with Gasteiger partial charge in [-0.25, -0.2) is 17.7 Å². The van der Waals surface area contributed by atoms with E-state index in [0.29, 0.717) is 13.1 Å². The summed E-state index contributed by atoms with van der Waals surface area (Å²) in [6.45, 7) is 3.18. The average Bonchev–Trinajstić information content (AvgIpc) is 2.93. The predicted octanol–water partition coefficient (Wildman–Crippen LogP) is 2.65. The number of aryl methyl sites for hydroxylation is 1. The Bertz CT molecular complexity index is 753. The maximum Gasteiger partial charge on any atom is 0.211 e. The Hall–Kier alpha value is -1.31. The lowest BCUT2D eigenvalue weighted by Crippen LogP contribution is -2.38. The van der Waals surface area contributed by atoms with Crippen LogP contribution in [0.2, 0.25) is 0 Å². The van der Waals surface area contributed by atoms with Gasteiger partial charge in [0.2, 0.25) is 10.0 Å². The largest absolute Gasteiger partial charge is 0.260 e. The summed E-state index contributed by atoms with van der Waals surface area (Å²) in [6, 6.07) is 4.03. The highest BCUT2D eigenvalue weighted by molar-refractivity contribution is 7.88. The van der Waals surface area contributed by atoms with Crippen molar-refractivity contribution in [1.82, 2.24) is 14.3 Å². The summed E-state index contributed by atoms with van der Waals surface area (Å²) in [5, 5.41) is 0.970. The van der Waals surface area contributed by atoms with Crippen molar-refractivity contribution in [3.8, 4) is 10.6 Å². The minimum atomic E-state index is -3.12. The highest BCUT2D eigenvalue weighted by Gasteiger charge is 2.27. The Kier molecular flexibility index (Phi) is 4.29. The van der Waals surface area contributed by atoms with Crippen LogP contribution in [0.1, 0.15) is 29.3 Å². The SMILES string of the molecule is Cc1cnc(-c2ccc([C@H]3CCCN(S(C)(=O)=O)C3)nc2)s1. The van der Waals surface area contributed by atoms with E-state index in [9.17, 15) is 8.42 Å². The van der Waals surface area contributed by atoms with Gasteiger partial charge in [-0.3, -0.25) is 4.98 Å². The Morgan fingerprint density at radius 1 is 1.27 bits per heavy atom. The van der Waals surface area contributed by atoms with E-state index in [1.165, 1.54) is 11.1 Å². The second-order valence-electron chi connectivity index (χ2n) is 5.71. The maximum atomic E-state index is 11.7. The lowest BCUT2D eigenvalue weighted by Gasteiger charge is -2.30. The van der Waals surface area contributed by atoms with Crippen LogP contribution < -0.4 is 0 Å². The minimum absolute atomic E-state index is 0.176. The van der Waals surface area contributed by atoms with Gasteiger partial charge >= 0.3 is 0 Å². The van der Waals surface area contributed by atoms with Gasteiger partial charge in [-0.1, -0.05) is 0 Å². The van der Waals surface area contributed by atoms with E-state index in [1.807, 2.05) is 31.5 Å². The number of pyridine rings is 1. The number of aromatic nitrogens is 2. The van der Waals surface area contributed by atoms with Crippen molar-refractivity contribution in [2.24, 2.45) is 0 Å². The van der Waals surface area contributed by atoms with E-state index in [2.05, 4.69) is 9.97 Å². The fourth-order valence-corrected chi connectivity index (χ4v) is 4.41. The minimum Gasteiger partial charge on any atom is -0.260 e. The number of piperidine rings is 1. The van der Waals surface area contributed by atoms with Crippen LogP contribution in [0.25, 0.3) is 10.6 Å². The summed E-state index contributed by atoms with van der Waals surface area (Å²) in [5.74, 6) is 0.176. The van der Waals surface area contributed by atoms with Gasteiger partial charge < -0.3 is 0 Å². The van der Waals surface area contributed by atoms with E-state index in [0.717, 1.165) is 29.1 Å². The van der Waals surface area contributed by atoms with Crippen LogP contribution in [0.4, 0.5) is 0 Å². The number of thiazole rings is 1. The van der Waals surface area contributed by atoms with Crippen LogP contribution in [0.15, 0.2) is 24.5 Å². The van der Waals surface area contributed by atoms with Gasteiger partial charge in [0, 0.05) is 47.5 Å². The van der Waals surface area contributed by atoms with Gasteiger partial charge in [-0.05, 0) is 31.9 Å². The van der Waals surface area contributed by atoms with Gasteiger partial charge in [-0.15, -0.1) is 11.3 Å². The third-order valence-corrected chi connectivity index (χ3v) is 6.16. The Morgan fingerprint density at radius 2 is 2.09 bits per heavy atom. The van der Waals surface area contributed by atoms with E-state index >= 15 is 0 Å². The molecule has 22 heavy (non-hydrogen) atoms. The Balaban J connectivity index is 1.78. The summed E-state index contributed by atoms with van der Waals surface area (Å²) >= 11 is 1.65.